The number of nitrogens with two attached hydrogens (primary N) is 1. The van der Waals surface area contributed by atoms with Gasteiger partial charge < -0.3 is 16.2 Å². The first-order chi connectivity index (χ1) is 9.32. The van der Waals surface area contributed by atoms with Crippen LogP contribution in [0.15, 0.2) is 12.1 Å². The van der Waals surface area contributed by atoms with Crippen molar-refractivity contribution in [1.82, 2.24) is 10.2 Å². The molecule has 1 aromatic carbocycles. The third-order valence-corrected chi connectivity index (χ3v) is 3.83. The number of piperazine rings is 1. The number of benzene rings is 1. The monoisotopic (exact) mass is 353 g/mol. The van der Waals surface area contributed by atoms with Crippen molar-refractivity contribution in [3.63, 3.8) is 0 Å². The first-order valence-corrected chi connectivity index (χ1v) is 7.04. The van der Waals surface area contributed by atoms with E-state index >= 15 is 0 Å². The number of anilines is 1. The number of halogens is 3. The van der Waals surface area contributed by atoms with Gasteiger partial charge in [0.15, 0.2) is 0 Å². The van der Waals surface area contributed by atoms with E-state index in [1.54, 1.807) is 6.07 Å². The second-order valence-corrected chi connectivity index (χ2v) is 6.45. The Morgan fingerprint density at radius 3 is 2.27 bits per heavy atom. The molecule has 1 heterocycles. The summed E-state index contributed by atoms with van der Waals surface area (Å²) in [5, 5.41) is 13.6. The zero-order chi connectivity index (χ0) is 14.9. The highest BCUT2D eigenvalue weighted by Crippen LogP contribution is 2.43. The van der Waals surface area contributed by atoms with Crippen LogP contribution in [0.1, 0.15) is 32.4 Å². The van der Waals surface area contributed by atoms with Crippen molar-refractivity contribution in [2.75, 3.05) is 31.9 Å². The molecule has 2 rings (SSSR count). The van der Waals surface area contributed by atoms with Crippen molar-refractivity contribution < 1.29 is 9.50 Å². The fourth-order valence-electron chi connectivity index (χ4n) is 2.97. The smallest absolute Gasteiger partial charge is 0.149 e. The van der Waals surface area contributed by atoms with E-state index in [4.69, 9.17) is 5.73 Å². The number of hydrogen-bond acceptors (Lipinski definition) is 4. The van der Waals surface area contributed by atoms with Crippen LogP contribution in [-0.4, -0.2) is 36.2 Å². The van der Waals surface area contributed by atoms with Gasteiger partial charge in [-0.1, -0.05) is 26.8 Å². The highest BCUT2D eigenvalue weighted by molar-refractivity contribution is 5.85. The van der Waals surface area contributed by atoms with Gasteiger partial charge in [0.05, 0.1) is 0 Å². The number of nitrogen functional groups attached to an aromatic ring is 1. The van der Waals surface area contributed by atoms with E-state index in [9.17, 15) is 9.50 Å². The van der Waals surface area contributed by atoms with Gasteiger partial charge in [0, 0.05) is 37.8 Å². The molecular formula is C15H26Cl2FN3O. The molecule has 0 aromatic heterocycles. The Morgan fingerprint density at radius 2 is 1.77 bits per heavy atom. The Balaban J connectivity index is 0.00000220. The van der Waals surface area contributed by atoms with Gasteiger partial charge in [-0.2, -0.15) is 0 Å². The predicted molar refractivity (Wildman–Crippen MR) is 93.6 cm³/mol. The number of phenols is 1. The molecule has 22 heavy (non-hydrogen) atoms. The van der Waals surface area contributed by atoms with Crippen molar-refractivity contribution in [2.24, 2.45) is 5.41 Å². The Kier molecular flexibility index (Phi) is 7.92. The Morgan fingerprint density at radius 1 is 1.23 bits per heavy atom. The largest absolute Gasteiger partial charge is 0.505 e. The van der Waals surface area contributed by atoms with Crippen LogP contribution < -0.4 is 11.1 Å². The maximum atomic E-state index is 13.5. The number of rotatable bonds is 2. The molecule has 1 saturated heterocycles. The molecule has 1 aliphatic rings. The van der Waals surface area contributed by atoms with Crippen LogP contribution >= 0.6 is 24.8 Å². The number of aromatic hydroxyl groups is 1. The number of nitrogens with one attached hydrogen (secondary N) is 1. The average Bonchev–Trinajstić information content (AvgIpc) is 2.39. The summed E-state index contributed by atoms with van der Waals surface area (Å²) in [6.07, 6.45) is 0. The molecule has 0 radical (unpaired) electrons. The van der Waals surface area contributed by atoms with Gasteiger partial charge in [-0.25, -0.2) is 4.39 Å². The molecule has 4 nitrogen and oxygen atoms in total. The van der Waals surface area contributed by atoms with Crippen LogP contribution in [0, 0.1) is 11.2 Å². The summed E-state index contributed by atoms with van der Waals surface area (Å²) in [5.41, 5.74) is 6.10. The molecule has 0 aliphatic carbocycles. The fourth-order valence-corrected chi connectivity index (χ4v) is 2.97. The summed E-state index contributed by atoms with van der Waals surface area (Å²) in [5.74, 6) is -0.692. The maximum absolute atomic E-state index is 13.5. The zero-order valence-corrected chi connectivity index (χ0v) is 14.9. The van der Waals surface area contributed by atoms with Crippen LogP contribution in [0.2, 0.25) is 0 Å². The van der Waals surface area contributed by atoms with Gasteiger partial charge in [0.2, 0.25) is 0 Å². The number of phenolic OH excluding ortho intramolecular Hbond substituents is 1. The minimum Gasteiger partial charge on any atom is -0.505 e. The summed E-state index contributed by atoms with van der Waals surface area (Å²) < 4.78 is 13.5. The second-order valence-electron chi connectivity index (χ2n) is 6.45. The molecule has 0 saturated carbocycles. The Labute approximate surface area is 144 Å². The Hall–Kier alpha value is -0.750. The standard InChI is InChI=1S/C15H24FN3O.2ClH/c1-15(2,3)14(19-8-6-18-7-9-19)10-4-5-11(16)12(17)13(10)20;;/h4-5,14,18,20H,6-9,17H2,1-3H3;2*1H/t14-;;/m1../s1. The summed E-state index contributed by atoms with van der Waals surface area (Å²) >= 11 is 0. The fraction of sp³-hybridized carbons (Fsp3) is 0.600. The van der Waals surface area contributed by atoms with E-state index in [2.05, 4.69) is 31.0 Å². The van der Waals surface area contributed by atoms with Crippen molar-refractivity contribution in [2.45, 2.75) is 26.8 Å². The molecule has 1 atom stereocenters. The first-order valence-electron chi connectivity index (χ1n) is 7.04. The topological polar surface area (TPSA) is 61.5 Å². The van der Waals surface area contributed by atoms with Gasteiger partial charge in [-0.15, -0.1) is 24.8 Å². The van der Waals surface area contributed by atoms with E-state index in [-0.39, 0.29) is 47.7 Å². The molecule has 4 N–H and O–H groups in total. The van der Waals surface area contributed by atoms with Crippen molar-refractivity contribution in [3.8, 4) is 5.75 Å². The lowest BCUT2D eigenvalue weighted by Gasteiger charge is -2.42. The van der Waals surface area contributed by atoms with E-state index in [1.165, 1.54) is 6.07 Å². The van der Waals surface area contributed by atoms with E-state index < -0.39 is 5.82 Å². The molecule has 0 spiro atoms. The Bertz CT molecular complexity index is 488. The molecule has 0 unspecified atom stereocenters. The SMILES string of the molecule is CC(C)(C)[C@@H](c1ccc(F)c(N)c1O)N1CCNCC1.Cl.Cl. The van der Waals surface area contributed by atoms with Gasteiger partial charge in [0.1, 0.15) is 17.3 Å². The summed E-state index contributed by atoms with van der Waals surface area (Å²) in [4.78, 5) is 2.32. The van der Waals surface area contributed by atoms with Crippen LogP contribution in [-0.2, 0) is 0 Å². The highest BCUT2D eigenvalue weighted by atomic mass is 35.5. The molecule has 1 aliphatic heterocycles. The lowest BCUT2D eigenvalue weighted by molar-refractivity contribution is 0.0842. The summed E-state index contributed by atoms with van der Waals surface area (Å²) in [6, 6.07) is 3.00. The van der Waals surface area contributed by atoms with E-state index in [0.29, 0.717) is 5.56 Å². The van der Waals surface area contributed by atoms with Crippen molar-refractivity contribution >= 4 is 30.5 Å². The summed E-state index contributed by atoms with van der Waals surface area (Å²) in [7, 11) is 0. The van der Waals surface area contributed by atoms with Crippen LogP contribution in [0.5, 0.6) is 5.75 Å². The molecule has 0 bridgehead atoms. The van der Waals surface area contributed by atoms with E-state index in [0.717, 1.165) is 26.2 Å². The third-order valence-electron chi connectivity index (χ3n) is 3.83. The van der Waals surface area contributed by atoms with Crippen molar-refractivity contribution in [1.29, 1.82) is 0 Å². The van der Waals surface area contributed by atoms with Gasteiger partial charge in [-0.05, 0) is 11.5 Å². The van der Waals surface area contributed by atoms with Crippen LogP contribution in [0.25, 0.3) is 0 Å². The molecule has 0 amide bonds. The normalized spacial score (nSPS) is 17.3. The van der Waals surface area contributed by atoms with E-state index in [1.807, 2.05) is 0 Å². The number of nitrogens with zero attached hydrogens (tertiary/aromatic N) is 1. The highest BCUT2D eigenvalue weighted by Gasteiger charge is 2.34. The molecule has 1 fully saturated rings. The first kappa shape index (κ1) is 21.2. The maximum Gasteiger partial charge on any atom is 0.149 e. The van der Waals surface area contributed by atoms with Gasteiger partial charge >= 0.3 is 0 Å². The van der Waals surface area contributed by atoms with Crippen LogP contribution in [0.4, 0.5) is 10.1 Å². The number of hydrogen-bond donors (Lipinski definition) is 3. The minimum atomic E-state index is -0.570. The molecule has 1 aromatic rings. The van der Waals surface area contributed by atoms with Crippen molar-refractivity contribution in [3.05, 3.63) is 23.5 Å². The quantitative estimate of drug-likeness (QED) is 0.565. The molecular weight excluding hydrogens is 328 g/mol. The van der Waals surface area contributed by atoms with Gasteiger partial charge in [0.25, 0.3) is 0 Å². The second kappa shape index (κ2) is 8.20. The minimum absolute atomic E-state index is 0. The van der Waals surface area contributed by atoms with Gasteiger partial charge in [-0.3, -0.25) is 4.90 Å². The summed E-state index contributed by atoms with van der Waals surface area (Å²) in [6.45, 7) is 10.0. The lowest BCUT2D eigenvalue weighted by atomic mass is 9.80. The zero-order valence-electron chi connectivity index (χ0n) is 13.2. The predicted octanol–water partition coefficient (Wildman–Crippen LogP) is 2.95. The molecule has 7 heteroatoms. The average molecular weight is 354 g/mol. The lowest BCUT2D eigenvalue weighted by Crippen LogP contribution is -2.48. The van der Waals surface area contributed by atoms with Crippen LogP contribution in [0.3, 0.4) is 0 Å². The molecule has 128 valence electrons. The third kappa shape index (κ3) is 4.38.